The van der Waals surface area contributed by atoms with Gasteiger partial charge in [-0.25, -0.2) is 4.39 Å². The van der Waals surface area contributed by atoms with E-state index in [1.54, 1.807) is 11.0 Å². The van der Waals surface area contributed by atoms with E-state index < -0.39 is 6.10 Å². The summed E-state index contributed by atoms with van der Waals surface area (Å²) in [7, 11) is 0. The maximum absolute atomic E-state index is 13.4. The van der Waals surface area contributed by atoms with Gasteiger partial charge in [-0.1, -0.05) is 0 Å². The van der Waals surface area contributed by atoms with E-state index in [-0.39, 0.29) is 11.7 Å². The van der Waals surface area contributed by atoms with Crippen molar-refractivity contribution in [3.05, 3.63) is 35.8 Å². The lowest BCUT2D eigenvalue weighted by Gasteiger charge is -2.33. The summed E-state index contributed by atoms with van der Waals surface area (Å²) < 4.78 is 13.4. The molecule has 3 heterocycles. The number of piperidine rings is 1. The quantitative estimate of drug-likeness (QED) is 0.862. The molecule has 2 N–H and O–H groups in total. The normalized spacial score (nSPS) is 21.0. The van der Waals surface area contributed by atoms with E-state index >= 15 is 0 Å². The average Bonchev–Trinajstić information content (AvgIpc) is 3.21. The molecule has 26 heavy (non-hydrogen) atoms. The predicted octanol–water partition coefficient (Wildman–Crippen LogP) is 2.47. The number of amides is 1. The number of carbonyl (C=O) groups excluding carboxylic acids is 1. The minimum atomic E-state index is -0.482. The molecule has 1 amide bonds. The first kappa shape index (κ1) is 17.5. The third-order valence-corrected chi connectivity index (χ3v) is 5.77. The smallest absolute Gasteiger partial charge is 0.222 e. The number of aromatic amines is 1. The van der Waals surface area contributed by atoms with Crippen LogP contribution in [0.15, 0.2) is 24.4 Å². The van der Waals surface area contributed by atoms with Crippen LogP contribution in [0.5, 0.6) is 0 Å². The summed E-state index contributed by atoms with van der Waals surface area (Å²) in [5, 5.41) is 11.4. The van der Waals surface area contributed by atoms with Gasteiger partial charge in [-0.15, -0.1) is 0 Å². The largest absolute Gasteiger partial charge is 0.390 e. The number of likely N-dealkylation sites (tertiary alicyclic amines) is 2. The van der Waals surface area contributed by atoms with E-state index in [1.165, 1.54) is 11.6 Å². The molecule has 2 saturated heterocycles. The summed E-state index contributed by atoms with van der Waals surface area (Å²) in [6.07, 6.45) is 5.11. The van der Waals surface area contributed by atoms with E-state index in [9.17, 15) is 14.3 Å². The zero-order valence-corrected chi connectivity index (χ0v) is 15.0. The van der Waals surface area contributed by atoms with Gasteiger partial charge in [0.15, 0.2) is 0 Å². The third kappa shape index (κ3) is 3.62. The molecule has 0 radical (unpaired) electrons. The molecule has 0 saturated carbocycles. The lowest BCUT2D eigenvalue weighted by atomic mass is 9.89. The van der Waals surface area contributed by atoms with Gasteiger partial charge in [0, 0.05) is 43.2 Å². The Balaban J connectivity index is 1.31. The van der Waals surface area contributed by atoms with Crippen LogP contribution in [-0.4, -0.2) is 64.6 Å². The van der Waals surface area contributed by atoms with Crippen molar-refractivity contribution < 1.29 is 14.3 Å². The maximum atomic E-state index is 13.4. The molecular formula is C20H26FN3O2. The molecule has 140 valence electrons. The predicted molar refractivity (Wildman–Crippen MR) is 98.5 cm³/mol. The minimum Gasteiger partial charge on any atom is -0.390 e. The van der Waals surface area contributed by atoms with Gasteiger partial charge in [0.05, 0.1) is 6.10 Å². The van der Waals surface area contributed by atoms with Gasteiger partial charge in [0.2, 0.25) is 5.91 Å². The molecule has 5 nitrogen and oxygen atoms in total. The van der Waals surface area contributed by atoms with Crippen LogP contribution in [0, 0.1) is 5.82 Å². The highest BCUT2D eigenvalue weighted by Crippen LogP contribution is 2.33. The summed E-state index contributed by atoms with van der Waals surface area (Å²) in [4.78, 5) is 18.9. The van der Waals surface area contributed by atoms with Crippen molar-refractivity contribution in [2.45, 2.75) is 37.7 Å². The molecule has 0 spiro atoms. The van der Waals surface area contributed by atoms with Crippen molar-refractivity contribution in [3.63, 3.8) is 0 Å². The fourth-order valence-corrected chi connectivity index (χ4v) is 4.39. The van der Waals surface area contributed by atoms with Crippen LogP contribution in [0.1, 0.15) is 37.2 Å². The molecule has 1 unspecified atom stereocenters. The molecule has 1 aromatic carbocycles. The van der Waals surface area contributed by atoms with Gasteiger partial charge in [-0.2, -0.15) is 0 Å². The Kier molecular flexibility index (Phi) is 4.96. The summed E-state index contributed by atoms with van der Waals surface area (Å²) in [5.41, 5.74) is 2.12. The number of aromatic nitrogens is 1. The fraction of sp³-hybridized carbons (Fsp3) is 0.550. The molecule has 1 atom stereocenters. The Morgan fingerprint density at radius 1 is 1.23 bits per heavy atom. The van der Waals surface area contributed by atoms with E-state index in [1.807, 2.05) is 12.3 Å². The van der Waals surface area contributed by atoms with Crippen molar-refractivity contribution in [2.75, 3.05) is 32.7 Å². The number of H-pyrrole nitrogens is 1. The van der Waals surface area contributed by atoms with Gasteiger partial charge in [0.1, 0.15) is 5.82 Å². The highest BCUT2D eigenvalue weighted by Gasteiger charge is 2.26. The average molecular weight is 359 g/mol. The summed E-state index contributed by atoms with van der Waals surface area (Å²) in [6, 6.07) is 4.93. The maximum Gasteiger partial charge on any atom is 0.222 e. The number of hydrogen-bond acceptors (Lipinski definition) is 3. The van der Waals surface area contributed by atoms with Crippen molar-refractivity contribution in [3.8, 4) is 0 Å². The number of hydrogen-bond donors (Lipinski definition) is 2. The molecule has 0 aliphatic carbocycles. The molecule has 0 bridgehead atoms. The first-order chi connectivity index (χ1) is 12.6. The Hall–Kier alpha value is -1.92. The number of aliphatic hydroxyl groups is 1. The number of halogens is 1. The topological polar surface area (TPSA) is 59.6 Å². The van der Waals surface area contributed by atoms with Gasteiger partial charge >= 0.3 is 0 Å². The second-order valence-electron chi connectivity index (χ2n) is 7.61. The molecule has 4 rings (SSSR count). The highest BCUT2D eigenvalue weighted by molar-refractivity contribution is 5.83. The zero-order chi connectivity index (χ0) is 18.1. The summed E-state index contributed by atoms with van der Waals surface area (Å²) >= 11 is 0. The Labute approximate surface area is 152 Å². The van der Waals surface area contributed by atoms with Crippen LogP contribution >= 0.6 is 0 Å². The van der Waals surface area contributed by atoms with Crippen LogP contribution in [0.2, 0.25) is 0 Å². The highest BCUT2D eigenvalue weighted by atomic mass is 19.1. The second-order valence-corrected chi connectivity index (χ2v) is 7.61. The summed E-state index contributed by atoms with van der Waals surface area (Å²) in [6.45, 7) is 3.72. The Morgan fingerprint density at radius 2 is 2.04 bits per heavy atom. The number of aliphatic hydroxyl groups excluding tert-OH is 1. The standard InChI is InChI=1S/C20H26FN3O2/c21-15-3-4-17-18(11-22-19(17)10-15)14-5-8-23(9-6-14)12-16(25)13-24-7-1-2-20(24)26/h3-4,10-11,14,16,22,25H,1-2,5-9,12-13H2. The second kappa shape index (κ2) is 7.37. The molecule has 6 heteroatoms. The van der Waals surface area contributed by atoms with Crippen LogP contribution in [0.3, 0.4) is 0 Å². The number of rotatable bonds is 5. The fourth-order valence-electron chi connectivity index (χ4n) is 4.39. The number of carbonyl (C=O) groups is 1. The first-order valence-electron chi connectivity index (χ1n) is 9.55. The summed E-state index contributed by atoms with van der Waals surface area (Å²) in [5.74, 6) is 0.410. The first-order valence-corrected chi connectivity index (χ1v) is 9.55. The van der Waals surface area contributed by atoms with Crippen molar-refractivity contribution in [1.82, 2.24) is 14.8 Å². The third-order valence-electron chi connectivity index (χ3n) is 5.77. The van der Waals surface area contributed by atoms with Crippen LogP contribution in [0.25, 0.3) is 10.9 Å². The molecular weight excluding hydrogens is 333 g/mol. The molecule has 2 aliphatic heterocycles. The van der Waals surface area contributed by atoms with Crippen LogP contribution < -0.4 is 0 Å². The van der Waals surface area contributed by atoms with Crippen molar-refractivity contribution in [1.29, 1.82) is 0 Å². The lowest BCUT2D eigenvalue weighted by Crippen LogP contribution is -2.43. The van der Waals surface area contributed by atoms with Gasteiger partial charge in [-0.3, -0.25) is 4.79 Å². The zero-order valence-electron chi connectivity index (χ0n) is 15.0. The molecule has 2 aromatic rings. The van der Waals surface area contributed by atoms with Crippen LogP contribution in [0.4, 0.5) is 4.39 Å². The number of nitrogens with one attached hydrogen (secondary N) is 1. The number of fused-ring (bicyclic) bond motifs is 1. The van der Waals surface area contributed by atoms with Gasteiger partial charge in [0.25, 0.3) is 0 Å². The van der Waals surface area contributed by atoms with Gasteiger partial charge in [-0.05, 0) is 62.0 Å². The number of nitrogens with zero attached hydrogens (tertiary/aromatic N) is 2. The Morgan fingerprint density at radius 3 is 2.77 bits per heavy atom. The monoisotopic (exact) mass is 359 g/mol. The van der Waals surface area contributed by atoms with E-state index in [0.717, 1.165) is 49.8 Å². The number of β-amino-alcohol motifs (C(OH)–C–C–N with tert-alkyl or cyclic N) is 1. The number of benzene rings is 1. The SMILES string of the molecule is O=C1CCCN1CC(O)CN1CCC(c2c[nH]c3cc(F)ccc23)CC1. The van der Waals surface area contributed by atoms with Gasteiger partial charge < -0.3 is 19.9 Å². The molecule has 1 aromatic heterocycles. The van der Waals surface area contributed by atoms with Crippen molar-refractivity contribution in [2.24, 2.45) is 0 Å². The van der Waals surface area contributed by atoms with Crippen LogP contribution in [-0.2, 0) is 4.79 Å². The van der Waals surface area contributed by atoms with E-state index in [2.05, 4.69) is 9.88 Å². The van der Waals surface area contributed by atoms with E-state index in [4.69, 9.17) is 0 Å². The Bertz CT molecular complexity index is 782. The lowest BCUT2D eigenvalue weighted by molar-refractivity contribution is -0.129. The minimum absolute atomic E-state index is 0.165. The molecule has 2 fully saturated rings. The van der Waals surface area contributed by atoms with E-state index in [0.29, 0.717) is 25.4 Å². The molecule has 2 aliphatic rings. The van der Waals surface area contributed by atoms with Crippen molar-refractivity contribution >= 4 is 16.8 Å².